The molecule has 5 nitrogen and oxygen atoms in total. The highest BCUT2D eigenvalue weighted by Gasteiger charge is 2.45. The Kier molecular flexibility index (Phi) is 4.80. The first-order valence-corrected chi connectivity index (χ1v) is 8.67. The fourth-order valence-corrected chi connectivity index (χ4v) is 3.41. The van der Waals surface area contributed by atoms with Crippen molar-refractivity contribution in [3.63, 3.8) is 0 Å². The molecule has 0 saturated heterocycles. The fourth-order valence-electron chi connectivity index (χ4n) is 3.41. The number of pyridine rings is 2. The van der Waals surface area contributed by atoms with Crippen LogP contribution in [0.15, 0.2) is 48.8 Å². The summed E-state index contributed by atoms with van der Waals surface area (Å²) in [6.45, 7) is 0. The van der Waals surface area contributed by atoms with Crippen LogP contribution in [-0.2, 0) is 15.6 Å². The van der Waals surface area contributed by atoms with E-state index in [0.29, 0.717) is 0 Å². The van der Waals surface area contributed by atoms with Gasteiger partial charge in [-0.3, -0.25) is 14.8 Å². The lowest BCUT2D eigenvalue weighted by atomic mass is 9.66. The summed E-state index contributed by atoms with van der Waals surface area (Å²) >= 11 is 0. The van der Waals surface area contributed by atoms with Gasteiger partial charge in [0.1, 0.15) is 0 Å². The normalized spacial score (nSPS) is 19.2. The molecule has 2 aromatic rings. The summed E-state index contributed by atoms with van der Waals surface area (Å²) in [5.41, 5.74) is 6.45. The van der Waals surface area contributed by atoms with Crippen molar-refractivity contribution in [2.24, 2.45) is 5.73 Å². The number of hydrogen-bond acceptors (Lipinski definition) is 4. The Bertz CT molecular complexity index is 759. The zero-order valence-electron chi connectivity index (χ0n) is 14.2. The van der Waals surface area contributed by atoms with Gasteiger partial charge in [-0.1, -0.05) is 18.6 Å². The quantitative estimate of drug-likeness (QED) is 0.933. The van der Waals surface area contributed by atoms with Crippen molar-refractivity contribution in [3.8, 4) is 6.07 Å². The van der Waals surface area contributed by atoms with Crippen molar-refractivity contribution in [1.82, 2.24) is 9.97 Å². The van der Waals surface area contributed by atoms with E-state index in [1.54, 1.807) is 12.4 Å². The van der Waals surface area contributed by atoms with Gasteiger partial charge in [-0.2, -0.15) is 5.26 Å². The van der Waals surface area contributed by atoms with Gasteiger partial charge in [-0.15, -0.1) is 0 Å². The molecule has 1 amide bonds. The number of hydrogen-bond donors (Lipinski definition) is 1. The van der Waals surface area contributed by atoms with Crippen molar-refractivity contribution in [3.05, 3.63) is 60.2 Å². The second kappa shape index (κ2) is 7.02. The third-order valence-electron chi connectivity index (χ3n) is 5.41. The SMILES string of the molecule is N#CC1(c2ccccn2)CCC1.NC(=O)C1(c2ccccn2)CCC1. The molecule has 2 aliphatic rings. The molecular formula is C20H22N4O. The van der Waals surface area contributed by atoms with Crippen LogP contribution in [0, 0.1) is 11.3 Å². The van der Waals surface area contributed by atoms with Gasteiger partial charge >= 0.3 is 0 Å². The summed E-state index contributed by atoms with van der Waals surface area (Å²) in [7, 11) is 0. The van der Waals surface area contributed by atoms with Crippen LogP contribution in [0.25, 0.3) is 0 Å². The highest BCUT2D eigenvalue weighted by Crippen LogP contribution is 2.42. The van der Waals surface area contributed by atoms with Gasteiger partial charge in [0.2, 0.25) is 5.91 Å². The molecule has 0 unspecified atom stereocenters. The number of nitrogens with zero attached hydrogens (tertiary/aromatic N) is 3. The molecule has 0 radical (unpaired) electrons. The smallest absolute Gasteiger partial charge is 0.229 e. The summed E-state index contributed by atoms with van der Waals surface area (Å²) in [4.78, 5) is 19.7. The van der Waals surface area contributed by atoms with Crippen LogP contribution in [0.3, 0.4) is 0 Å². The van der Waals surface area contributed by atoms with Crippen molar-refractivity contribution < 1.29 is 4.79 Å². The van der Waals surface area contributed by atoms with Gasteiger partial charge < -0.3 is 5.73 Å². The summed E-state index contributed by atoms with van der Waals surface area (Å²) in [5, 5.41) is 9.00. The number of primary amides is 1. The van der Waals surface area contributed by atoms with Gasteiger partial charge in [0, 0.05) is 12.4 Å². The predicted octanol–water partition coefficient (Wildman–Crippen LogP) is 3.02. The molecule has 5 heteroatoms. The highest BCUT2D eigenvalue weighted by atomic mass is 16.1. The molecule has 2 N–H and O–H groups in total. The average molecular weight is 334 g/mol. The van der Waals surface area contributed by atoms with Crippen LogP contribution in [0.5, 0.6) is 0 Å². The van der Waals surface area contributed by atoms with Crippen molar-refractivity contribution in [2.45, 2.75) is 49.4 Å². The van der Waals surface area contributed by atoms with Gasteiger partial charge in [0.25, 0.3) is 0 Å². The topological polar surface area (TPSA) is 92.7 Å². The van der Waals surface area contributed by atoms with Crippen molar-refractivity contribution in [2.75, 3.05) is 0 Å². The highest BCUT2D eigenvalue weighted by molar-refractivity contribution is 5.87. The lowest BCUT2D eigenvalue weighted by Crippen LogP contribution is -2.47. The first-order chi connectivity index (χ1) is 12.1. The lowest BCUT2D eigenvalue weighted by Gasteiger charge is -2.38. The Morgan fingerprint density at radius 2 is 1.52 bits per heavy atom. The van der Waals surface area contributed by atoms with Crippen molar-refractivity contribution >= 4 is 5.91 Å². The van der Waals surface area contributed by atoms with E-state index in [9.17, 15) is 4.79 Å². The Morgan fingerprint density at radius 3 is 1.84 bits per heavy atom. The summed E-state index contributed by atoms with van der Waals surface area (Å²) in [6, 6.07) is 13.8. The molecule has 2 aliphatic carbocycles. The van der Waals surface area contributed by atoms with E-state index >= 15 is 0 Å². The van der Waals surface area contributed by atoms with Crippen LogP contribution >= 0.6 is 0 Å². The van der Waals surface area contributed by atoms with Gasteiger partial charge in [-0.05, 0) is 56.4 Å². The van der Waals surface area contributed by atoms with E-state index in [-0.39, 0.29) is 11.3 Å². The molecule has 2 heterocycles. The van der Waals surface area contributed by atoms with Crippen LogP contribution in [-0.4, -0.2) is 15.9 Å². The zero-order valence-corrected chi connectivity index (χ0v) is 14.2. The molecule has 2 aromatic heterocycles. The van der Waals surface area contributed by atoms with E-state index in [1.165, 1.54) is 0 Å². The molecule has 2 fully saturated rings. The average Bonchev–Trinajstić information content (AvgIpc) is 2.56. The number of nitrogens with two attached hydrogens (primary N) is 1. The molecule has 0 aromatic carbocycles. The molecule has 4 rings (SSSR count). The maximum absolute atomic E-state index is 11.3. The minimum absolute atomic E-state index is 0.238. The van der Waals surface area contributed by atoms with Crippen LogP contribution in [0.2, 0.25) is 0 Å². The van der Waals surface area contributed by atoms with Gasteiger partial charge in [0.15, 0.2) is 0 Å². The predicted molar refractivity (Wildman–Crippen MR) is 94.3 cm³/mol. The molecular weight excluding hydrogens is 312 g/mol. The van der Waals surface area contributed by atoms with E-state index in [1.807, 2.05) is 36.4 Å². The lowest BCUT2D eigenvalue weighted by molar-refractivity contribution is -0.126. The minimum atomic E-state index is -0.457. The van der Waals surface area contributed by atoms with Crippen LogP contribution in [0.4, 0.5) is 0 Å². The summed E-state index contributed by atoms with van der Waals surface area (Å²) < 4.78 is 0. The number of aromatic nitrogens is 2. The first-order valence-electron chi connectivity index (χ1n) is 8.67. The van der Waals surface area contributed by atoms with Gasteiger partial charge in [0.05, 0.1) is 28.3 Å². The third kappa shape index (κ3) is 3.12. The Morgan fingerprint density at radius 1 is 0.960 bits per heavy atom. The Balaban J connectivity index is 0.000000146. The first kappa shape index (κ1) is 17.1. The number of nitriles is 1. The molecule has 0 atom stereocenters. The summed E-state index contributed by atoms with van der Waals surface area (Å²) in [6.07, 6.45) is 9.33. The standard InChI is InChI=1S/C10H12N2O.C10H10N2/c11-9(13)10(5-3-6-10)8-4-1-2-7-12-8;11-8-10(5-3-6-10)9-4-1-2-7-12-9/h1-2,4,7H,3,5-6H2,(H2,11,13);1-2,4,7H,3,5-6H2. The zero-order chi connectivity index (χ0) is 17.8. The fraction of sp³-hybridized carbons (Fsp3) is 0.400. The largest absolute Gasteiger partial charge is 0.369 e. The Labute approximate surface area is 147 Å². The molecule has 2 saturated carbocycles. The number of amides is 1. The second-order valence-electron chi connectivity index (χ2n) is 6.78. The Hall–Kier alpha value is -2.74. The van der Waals surface area contributed by atoms with E-state index < -0.39 is 5.41 Å². The van der Waals surface area contributed by atoms with Crippen molar-refractivity contribution in [1.29, 1.82) is 5.26 Å². The number of carbonyl (C=O) groups excluding carboxylic acids is 1. The molecule has 0 bridgehead atoms. The summed E-state index contributed by atoms with van der Waals surface area (Å²) in [5.74, 6) is -0.238. The number of carbonyl (C=O) groups is 1. The maximum atomic E-state index is 11.3. The maximum Gasteiger partial charge on any atom is 0.229 e. The van der Waals surface area contributed by atoms with E-state index in [0.717, 1.165) is 49.9 Å². The molecule has 0 spiro atoms. The van der Waals surface area contributed by atoms with E-state index in [2.05, 4.69) is 16.0 Å². The number of rotatable bonds is 3. The monoisotopic (exact) mass is 334 g/mol. The molecule has 0 aliphatic heterocycles. The van der Waals surface area contributed by atoms with Crippen LogP contribution < -0.4 is 5.73 Å². The molecule has 128 valence electrons. The third-order valence-corrected chi connectivity index (χ3v) is 5.41. The van der Waals surface area contributed by atoms with Gasteiger partial charge in [-0.25, -0.2) is 0 Å². The molecule has 25 heavy (non-hydrogen) atoms. The van der Waals surface area contributed by atoms with Crippen LogP contribution in [0.1, 0.15) is 49.9 Å². The minimum Gasteiger partial charge on any atom is -0.369 e. The second-order valence-corrected chi connectivity index (χ2v) is 6.78. The van der Waals surface area contributed by atoms with E-state index in [4.69, 9.17) is 11.0 Å².